The van der Waals surface area contributed by atoms with Crippen LogP contribution in [-0.2, 0) is 14.3 Å². The third kappa shape index (κ3) is 4.87. The minimum Gasteiger partial charge on any atom is -0.462 e. The van der Waals surface area contributed by atoms with Crippen molar-refractivity contribution in [2.75, 3.05) is 23.4 Å². The van der Waals surface area contributed by atoms with Crippen LogP contribution in [0.5, 0.6) is 0 Å². The van der Waals surface area contributed by atoms with Crippen LogP contribution in [0.2, 0.25) is 0 Å². The maximum atomic E-state index is 13.7. The Bertz CT molecular complexity index is 850. The average Bonchev–Trinajstić information content (AvgIpc) is 2.63. The van der Waals surface area contributed by atoms with E-state index in [1.165, 1.54) is 19.1 Å². The van der Waals surface area contributed by atoms with Gasteiger partial charge in [-0.3, -0.25) is 9.59 Å². The zero-order chi connectivity index (χ0) is 20.0. The van der Waals surface area contributed by atoms with E-state index in [4.69, 9.17) is 4.74 Å². The molecule has 1 N–H and O–H groups in total. The van der Waals surface area contributed by atoms with E-state index in [1.54, 1.807) is 19.1 Å². The van der Waals surface area contributed by atoms with Gasteiger partial charge in [0.25, 0.3) is 0 Å². The highest BCUT2D eigenvalue weighted by atomic mass is 19.1. The highest BCUT2D eigenvalue weighted by Crippen LogP contribution is 2.23. The molecule has 0 fully saturated rings. The fourth-order valence-corrected chi connectivity index (χ4v) is 2.40. The predicted molar refractivity (Wildman–Crippen MR) is 95.4 cm³/mol. The van der Waals surface area contributed by atoms with E-state index in [-0.39, 0.29) is 17.9 Å². The molecule has 2 aromatic rings. The molecular formula is C19H18F2N2O4. The molecule has 0 atom stereocenters. The van der Waals surface area contributed by atoms with Gasteiger partial charge in [-0.15, -0.1) is 0 Å². The molecule has 0 heterocycles. The first kappa shape index (κ1) is 20.0. The average molecular weight is 376 g/mol. The zero-order valence-corrected chi connectivity index (χ0v) is 14.8. The highest BCUT2D eigenvalue weighted by molar-refractivity contribution is 6.06. The molecule has 2 rings (SSSR count). The smallest absolute Gasteiger partial charge is 0.340 e. The van der Waals surface area contributed by atoms with Gasteiger partial charge in [-0.1, -0.05) is 18.2 Å². The van der Waals surface area contributed by atoms with Gasteiger partial charge in [0.1, 0.15) is 23.9 Å². The van der Waals surface area contributed by atoms with Gasteiger partial charge in [0.15, 0.2) is 0 Å². The Morgan fingerprint density at radius 2 is 1.67 bits per heavy atom. The van der Waals surface area contributed by atoms with Gasteiger partial charge in [0.2, 0.25) is 11.8 Å². The maximum absolute atomic E-state index is 13.7. The second-order valence-electron chi connectivity index (χ2n) is 5.49. The van der Waals surface area contributed by atoms with E-state index in [0.29, 0.717) is 0 Å². The fraction of sp³-hybridized carbons (Fsp3) is 0.211. The van der Waals surface area contributed by atoms with Crippen LogP contribution in [0.25, 0.3) is 0 Å². The molecule has 27 heavy (non-hydrogen) atoms. The molecule has 2 aromatic carbocycles. The van der Waals surface area contributed by atoms with Crippen molar-refractivity contribution < 1.29 is 27.9 Å². The molecule has 0 radical (unpaired) electrons. The Labute approximate surface area is 154 Å². The molecule has 8 heteroatoms. The largest absolute Gasteiger partial charge is 0.462 e. The number of carbonyl (C=O) groups is 3. The van der Waals surface area contributed by atoms with Crippen LogP contribution in [0.3, 0.4) is 0 Å². The first-order valence-electron chi connectivity index (χ1n) is 8.13. The molecule has 0 bridgehead atoms. The molecule has 0 saturated heterocycles. The van der Waals surface area contributed by atoms with Crippen molar-refractivity contribution in [2.24, 2.45) is 0 Å². The summed E-state index contributed by atoms with van der Waals surface area (Å²) >= 11 is 0. The summed E-state index contributed by atoms with van der Waals surface area (Å²) in [6.45, 7) is 2.44. The molecule has 6 nitrogen and oxygen atoms in total. The number of rotatable bonds is 6. The third-order valence-electron chi connectivity index (χ3n) is 3.60. The zero-order valence-electron chi connectivity index (χ0n) is 14.8. The van der Waals surface area contributed by atoms with Gasteiger partial charge in [0, 0.05) is 6.92 Å². The summed E-state index contributed by atoms with van der Waals surface area (Å²) in [6, 6.07) is 9.26. The Kier molecular flexibility index (Phi) is 6.59. The van der Waals surface area contributed by atoms with E-state index < -0.39 is 41.7 Å². The second-order valence-corrected chi connectivity index (χ2v) is 5.49. The topological polar surface area (TPSA) is 75.7 Å². The number of esters is 1. The van der Waals surface area contributed by atoms with Crippen LogP contribution in [0, 0.1) is 11.6 Å². The summed E-state index contributed by atoms with van der Waals surface area (Å²) in [5, 5.41) is 2.11. The normalized spacial score (nSPS) is 10.2. The molecule has 0 aromatic heterocycles. The SMILES string of the molecule is CCOC(=O)c1ccccc1N(CC(=O)Nc1c(F)cccc1F)C(C)=O. The first-order chi connectivity index (χ1) is 12.8. The molecular weight excluding hydrogens is 358 g/mol. The van der Waals surface area contributed by atoms with E-state index in [2.05, 4.69) is 5.32 Å². The fourth-order valence-electron chi connectivity index (χ4n) is 2.40. The summed E-state index contributed by atoms with van der Waals surface area (Å²) in [4.78, 5) is 37.4. The van der Waals surface area contributed by atoms with Gasteiger partial charge in [-0.25, -0.2) is 13.6 Å². The number of nitrogens with one attached hydrogen (secondary N) is 1. The van der Waals surface area contributed by atoms with Crippen molar-refractivity contribution in [1.82, 2.24) is 0 Å². The maximum Gasteiger partial charge on any atom is 0.340 e. The second kappa shape index (κ2) is 8.88. The molecule has 0 spiro atoms. The Morgan fingerprint density at radius 3 is 2.26 bits per heavy atom. The number of para-hydroxylation sites is 2. The quantitative estimate of drug-likeness (QED) is 0.786. The first-order valence-corrected chi connectivity index (χ1v) is 8.13. The summed E-state index contributed by atoms with van der Waals surface area (Å²) in [6.07, 6.45) is 0. The molecule has 142 valence electrons. The molecule has 0 unspecified atom stereocenters. The van der Waals surface area contributed by atoms with Crippen molar-refractivity contribution in [3.63, 3.8) is 0 Å². The van der Waals surface area contributed by atoms with Crippen LogP contribution >= 0.6 is 0 Å². The van der Waals surface area contributed by atoms with Crippen molar-refractivity contribution in [3.8, 4) is 0 Å². The number of halogens is 2. The predicted octanol–water partition coefficient (Wildman–Crippen LogP) is 3.13. The minimum atomic E-state index is -0.940. The summed E-state index contributed by atoms with van der Waals surface area (Å²) < 4.78 is 32.3. The van der Waals surface area contributed by atoms with E-state index >= 15 is 0 Å². The lowest BCUT2D eigenvalue weighted by Crippen LogP contribution is -2.38. The number of hydrogen-bond acceptors (Lipinski definition) is 4. The van der Waals surface area contributed by atoms with E-state index in [1.807, 2.05) is 0 Å². The number of amides is 2. The van der Waals surface area contributed by atoms with Gasteiger partial charge < -0.3 is 15.0 Å². The molecule has 0 saturated carbocycles. The molecule has 2 amide bonds. The highest BCUT2D eigenvalue weighted by Gasteiger charge is 2.23. The third-order valence-corrected chi connectivity index (χ3v) is 3.60. The van der Waals surface area contributed by atoms with Crippen LogP contribution in [0.4, 0.5) is 20.2 Å². The number of ether oxygens (including phenoxy) is 1. The Morgan fingerprint density at radius 1 is 1.04 bits per heavy atom. The molecule has 0 aliphatic carbocycles. The van der Waals surface area contributed by atoms with Gasteiger partial charge in [-0.2, -0.15) is 0 Å². The van der Waals surface area contributed by atoms with E-state index in [9.17, 15) is 23.2 Å². The van der Waals surface area contributed by atoms with Gasteiger partial charge in [0.05, 0.1) is 17.9 Å². The van der Waals surface area contributed by atoms with E-state index in [0.717, 1.165) is 23.1 Å². The Hall–Kier alpha value is -3.29. The van der Waals surface area contributed by atoms with Crippen LogP contribution in [0.1, 0.15) is 24.2 Å². The number of nitrogens with zero attached hydrogens (tertiary/aromatic N) is 1. The van der Waals surface area contributed by atoms with Gasteiger partial charge in [-0.05, 0) is 31.2 Å². The summed E-state index contributed by atoms with van der Waals surface area (Å²) in [5.74, 6) is -3.89. The summed E-state index contributed by atoms with van der Waals surface area (Å²) in [5.41, 5.74) is -0.350. The number of carbonyl (C=O) groups excluding carboxylic acids is 3. The lowest BCUT2D eigenvalue weighted by atomic mass is 10.1. The lowest BCUT2D eigenvalue weighted by molar-refractivity contribution is -0.120. The monoisotopic (exact) mass is 376 g/mol. The van der Waals surface area contributed by atoms with Crippen molar-refractivity contribution in [3.05, 3.63) is 59.7 Å². The molecule has 0 aliphatic rings. The van der Waals surface area contributed by atoms with Crippen molar-refractivity contribution in [2.45, 2.75) is 13.8 Å². The standard InChI is InChI=1S/C19H18F2N2O4/c1-3-27-19(26)13-7-4-5-10-16(13)23(12(2)24)11-17(25)22-18-14(20)8-6-9-15(18)21/h4-10H,3,11H2,1-2H3,(H,22,25). The van der Waals surface area contributed by atoms with Crippen molar-refractivity contribution in [1.29, 1.82) is 0 Å². The lowest BCUT2D eigenvalue weighted by Gasteiger charge is -2.23. The molecule has 0 aliphatic heterocycles. The number of benzene rings is 2. The van der Waals surface area contributed by atoms with Crippen LogP contribution < -0.4 is 10.2 Å². The van der Waals surface area contributed by atoms with Gasteiger partial charge >= 0.3 is 5.97 Å². The summed E-state index contributed by atoms with van der Waals surface area (Å²) in [7, 11) is 0. The number of anilines is 2. The number of hydrogen-bond donors (Lipinski definition) is 1. The Balaban J connectivity index is 2.28. The minimum absolute atomic E-state index is 0.0967. The van der Waals surface area contributed by atoms with Crippen molar-refractivity contribution >= 4 is 29.2 Å². The van der Waals surface area contributed by atoms with Crippen LogP contribution in [0.15, 0.2) is 42.5 Å². The van der Waals surface area contributed by atoms with Crippen LogP contribution in [-0.4, -0.2) is 30.9 Å².